The monoisotopic (exact) mass is 368 g/mol. The van der Waals surface area contributed by atoms with Crippen LogP contribution in [0.25, 0.3) is 0 Å². The fraction of sp³-hybridized carbons (Fsp3) is 0.435. The first-order chi connectivity index (χ1) is 13.2. The van der Waals surface area contributed by atoms with Gasteiger partial charge in [0.2, 0.25) is 0 Å². The van der Waals surface area contributed by atoms with Gasteiger partial charge in [-0.2, -0.15) is 0 Å². The molecule has 1 N–H and O–H groups in total. The minimum atomic E-state index is 0.558. The molecule has 0 spiro atoms. The molecule has 2 aromatic carbocycles. The summed E-state index contributed by atoms with van der Waals surface area (Å²) < 4.78 is 5.82. The van der Waals surface area contributed by atoms with E-state index in [0.29, 0.717) is 5.71 Å². The van der Waals surface area contributed by atoms with Crippen molar-refractivity contribution in [3.05, 3.63) is 59.7 Å². The Morgan fingerprint density at radius 3 is 1.96 bits per heavy atom. The molecule has 0 aliphatic heterocycles. The Labute approximate surface area is 163 Å². The molecule has 0 aromatic heterocycles. The van der Waals surface area contributed by atoms with Crippen molar-refractivity contribution in [2.75, 3.05) is 25.6 Å². The van der Waals surface area contributed by atoms with Gasteiger partial charge in [0.15, 0.2) is 0 Å². The molecule has 0 atom stereocenters. The molecule has 2 aromatic rings. The van der Waals surface area contributed by atoms with Crippen molar-refractivity contribution in [1.29, 1.82) is 0 Å². The SMILES string of the molecule is CCCCCCCCOc1ccc(/C(=N\O)c2ccc(N(C)C)cc2)cc1. The van der Waals surface area contributed by atoms with E-state index in [4.69, 9.17) is 4.74 Å². The quantitative estimate of drug-likeness (QED) is 0.239. The lowest BCUT2D eigenvalue weighted by atomic mass is 10.0. The van der Waals surface area contributed by atoms with Crippen molar-refractivity contribution in [2.45, 2.75) is 45.4 Å². The zero-order chi connectivity index (χ0) is 19.5. The van der Waals surface area contributed by atoms with Gasteiger partial charge in [-0.25, -0.2) is 0 Å². The summed E-state index contributed by atoms with van der Waals surface area (Å²) in [5.74, 6) is 0.854. The predicted molar refractivity (Wildman–Crippen MR) is 114 cm³/mol. The number of rotatable bonds is 11. The normalized spacial score (nSPS) is 11.4. The summed E-state index contributed by atoms with van der Waals surface area (Å²) in [7, 11) is 4.00. The van der Waals surface area contributed by atoms with E-state index >= 15 is 0 Å². The topological polar surface area (TPSA) is 45.1 Å². The fourth-order valence-corrected chi connectivity index (χ4v) is 2.98. The van der Waals surface area contributed by atoms with Crippen molar-refractivity contribution >= 4 is 11.4 Å². The molecule has 0 saturated carbocycles. The first kappa shape index (κ1) is 20.8. The molecule has 0 amide bonds. The highest BCUT2D eigenvalue weighted by Gasteiger charge is 2.09. The van der Waals surface area contributed by atoms with Gasteiger partial charge in [-0.3, -0.25) is 0 Å². The second kappa shape index (κ2) is 11.3. The largest absolute Gasteiger partial charge is 0.494 e. The first-order valence-electron chi connectivity index (χ1n) is 9.88. The summed E-state index contributed by atoms with van der Waals surface area (Å²) in [5.41, 5.74) is 3.41. The molecule has 0 radical (unpaired) electrons. The highest BCUT2D eigenvalue weighted by Crippen LogP contribution is 2.19. The minimum Gasteiger partial charge on any atom is -0.494 e. The summed E-state index contributed by atoms with van der Waals surface area (Å²) >= 11 is 0. The fourth-order valence-electron chi connectivity index (χ4n) is 2.98. The number of anilines is 1. The molecule has 0 heterocycles. The first-order valence-corrected chi connectivity index (χ1v) is 9.88. The Morgan fingerprint density at radius 1 is 0.852 bits per heavy atom. The van der Waals surface area contributed by atoms with E-state index in [1.54, 1.807) is 0 Å². The van der Waals surface area contributed by atoms with E-state index in [0.717, 1.165) is 35.6 Å². The molecular formula is C23H32N2O2. The molecule has 2 rings (SSSR count). The third-order valence-corrected chi connectivity index (χ3v) is 4.65. The maximum atomic E-state index is 9.49. The molecular weight excluding hydrogens is 336 g/mol. The Kier molecular flexibility index (Phi) is 8.69. The summed E-state index contributed by atoms with van der Waals surface area (Å²) in [5, 5.41) is 13.0. The van der Waals surface area contributed by atoms with E-state index < -0.39 is 0 Å². The van der Waals surface area contributed by atoms with Gasteiger partial charge in [0, 0.05) is 30.9 Å². The summed E-state index contributed by atoms with van der Waals surface area (Å²) in [6.45, 7) is 2.98. The van der Waals surface area contributed by atoms with Crippen LogP contribution in [0.4, 0.5) is 5.69 Å². The van der Waals surface area contributed by atoms with E-state index in [9.17, 15) is 5.21 Å². The minimum absolute atomic E-state index is 0.558. The second-order valence-corrected chi connectivity index (χ2v) is 7.03. The number of hydrogen-bond acceptors (Lipinski definition) is 4. The van der Waals surface area contributed by atoms with Gasteiger partial charge >= 0.3 is 0 Å². The molecule has 0 aliphatic rings. The van der Waals surface area contributed by atoms with Crippen LogP contribution in [-0.4, -0.2) is 31.6 Å². The van der Waals surface area contributed by atoms with Crippen molar-refractivity contribution in [3.8, 4) is 5.75 Å². The maximum Gasteiger partial charge on any atom is 0.119 e. The average molecular weight is 369 g/mol. The van der Waals surface area contributed by atoms with E-state index in [1.165, 1.54) is 32.1 Å². The smallest absolute Gasteiger partial charge is 0.119 e. The van der Waals surface area contributed by atoms with Crippen LogP contribution in [0.1, 0.15) is 56.6 Å². The van der Waals surface area contributed by atoms with Gasteiger partial charge in [0.25, 0.3) is 0 Å². The predicted octanol–water partition coefficient (Wildman–Crippen LogP) is 5.72. The Balaban J connectivity index is 1.89. The van der Waals surface area contributed by atoms with E-state index in [1.807, 2.05) is 67.5 Å². The molecule has 27 heavy (non-hydrogen) atoms. The molecule has 0 aliphatic carbocycles. The Morgan fingerprint density at radius 2 is 1.41 bits per heavy atom. The molecule has 0 saturated heterocycles. The maximum absolute atomic E-state index is 9.49. The van der Waals surface area contributed by atoms with Gasteiger partial charge in [-0.05, 0) is 42.8 Å². The summed E-state index contributed by atoms with van der Waals surface area (Å²) in [6.07, 6.45) is 7.54. The standard InChI is InChI=1S/C23H32N2O2/c1-4-5-6-7-8-9-18-27-22-16-12-20(13-17-22)23(24-26)19-10-14-21(15-11-19)25(2)3/h10-17,26H,4-9,18H2,1-3H3/b24-23-. The molecule has 4 nitrogen and oxygen atoms in total. The molecule has 146 valence electrons. The lowest BCUT2D eigenvalue weighted by Gasteiger charge is -2.13. The zero-order valence-electron chi connectivity index (χ0n) is 16.8. The van der Waals surface area contributed by atoms with Crippen LogP contribution in [-0.2, 0) is 0 Å². The van der Waals surface area contributed by atoms with Gasteiger partial charge in [0.05, 0.1) is 6.61 Å². The summed E-state index contributed by atoms with van der Waals surface area (Å²) in [4.78, 5) is 2.04. The van der Waals surface area contributed by atoms with Crippen LogP contribution < -0.4 is 9.64 Å². The van der Waals surface area contributed by atoms with Crippen molar-refractivity contribution in [1.82, 2.24) is 0 Å². The van der Waals surface area contributed by atoms with Crippen molar-refractivity contribution in [3.63, 3.8) is 0 Å². The molecule has 0 fully saturated rings. The van der Waals surface area contributed by atoms with Gasteiger partial charge in [-0.1, -0.05) is 56.3 Å². The zero-order valence-corrected chi connectivity index (χ0v) is 16.8. The van der Waals surface area contributed by atoms with Crippen LogP contribution in [0, 0.1) is 0 Å². The second-order valence-electron chi connectivity index (χ2n) is 7.03. The number of oxime groups is 1. The molecule has 0 unspecified atom stereocenters. The number of benzene rings is 2. The lowest BCUT2D eigenvalue weighted by molar-refractivity contribution is 0.304. The third-order valence-electron chi connectivity index (χ3n) is 4.65. The summed E-state index contributed by atoms with van der Waals surface area (Å²) in [6, 6.07) is 15.7. The van der Waals surface area contributed by atoms with Gasteiger partial charge < -0.3 is 14.8 Å². The number of unbranched alkanes of at least 4 members (excludes halogenated alkanes) is 5. The van der Waals surface area contributed by atoms with E-state index in [-0.39, 0.29) is 0 Å². The third kappa shape index (κ3) is 6.63. The number of hydrogen-bond donors (Lipinski definition) is 1. The average Bonchev–Trinajstić information content (AvgIpc) is 2.69. The van der Waals surface area contributed by atoms with Crippen LogP contribution in [0.2, 0.25) is 0 Å². The molecule has 0 bridgehead atoms. The van der Waals surface area contributed by atoms with Crippen molar-refractivity contribution < 1.29 is 9.94 Å². The lowest BCUT2D eigenvalue weighted by Crippen LogP contribution is -2.09. The van der Waals surface area contributed by atoms with Crippen LogP contribution in [0.5, 0.6) is 5.75 Å². The highest BCUT2D eigenvalue weighted by molar-refractivity contribution is 6.12. The van der Waals surface area contributed by atoms with Crippen LogP contribution >= 0.6 is 0 Å². The van der Waals surface area contributed by atoms with E-state index in [2.05, 4.69) is 12.1 Å². The van der Waals surface area contributed by atoms with Gasteiger partial charge in [0.1, 0.15) is 11.5 Å². The van der Waals surface area contributed by atoms with Crippen molar-refractivity contribution in [2.24, 2.45) is 5.16 Å². The van der Waals surface area contributed by atoms with Crippen LogP contribution in [0.3, 0.4) is 0 Å². The number of nitrogens with zero attached hydrogens (tertiary/aromatic N) is 2. The Bertz CT molecular complexity index is 691. The van der Waals surface area contributed by atoms with Crippen LogP contribution in [0.15, 0.2) is 53.7 Å². The van der Waals surface area contributed by atoms with Gasteiger partial charge in [-0.15, -0.1) is 0 Å². The molecule has 4 heteroatoms. The Hall–Kier alpha value is -2.49. The number of ether oxygens (including phenoxy) is 1. The highest BCUT2D eigenvalue weighted by atomic mass is 16.5.